The SMILES string of the molecule is Cc1cccc(C=C2C(=N)N3C(c4ccccc4)=CSC3=NC2=O)c1. The Hall–Kier alpha value is -2.92. The molecule has 0 radical (unpaired) electrons. The van der Waals surface area contributed by atoms with Crippen LogP contribution in [-0.4, -0.2) is 21.8 Å². The third-order valence-electron chi connectivity index (χ3n) is 4.04. The second kappa shape index (κ2) is 6.18. The maximum Gasteiger partial charge on any atom is 0.283 e. The monoisotopic (exact) mass is 345 g/mol. The van der Waals surface area contributed by atoms with Gasteiger partial charge in [0.15, 0.2) is 5.17 Å². The molecule has 2 aromatic rings. The van der Waals surface area contributed by atoms with Crippen LogP contribution in [0.1, 0.15) is 16.7 Å². The number of rotatable bonds is 2. The number of nitrogens with zero attached hydrogens (tertiary/aromatic N) is 2. The fourth-order valence-corrected chi connectivity index (χ4v) is 3.73. The van der Waals surface area contributed by atoms with E-state index >= 15 is 0 Å². The van der Waals surface area contributed by atoms with Crippen LogP contribution in [0.4, 0.5) is 0 Å². The van der Waals surface area contributed by atoms with E-state index in [1.165, 1.54) is 11.8 Å². The summed E-state index contributed by atoms with van der Waals surface area (Å²) >= 11 is 1.37. The number of thioether (sulfide) groups is 1. The van der Waals surface area contributed by atoms with Crippen molar-refractivity contribution in [2.24, 2.45) is 4.99 Å². The van der Waals surface area contributed by atoms with Gasteiger partial charge in [-0.15, -0.1) is 0 Å². The standard InChI is InChI=1S/C20H15N3OS/c1-13-6-5-7-14(10-13)11-16-18(21)23-17(15-8-3-2-4-9-15)12-25-20(23)22-19(16)24/h2-12,21H,1H3. The summed E-state index contributed by atoms with van der Waals surface area (Å²) in [7, 11) is 0. The van der Waals surface area contributed by atoms with Crippen LogP contribution < -0.4 is 0 Å². The van der Waals surface area contributed by atoms with Crippen LogP contribution in [0.25, 0.3) is 11.8 Å². The molecule has 0 fully saturated rings. The molecule has 122 valence electrons. The van der Waals surface area contributed by atoms with Gasteiger partial charge in [-0.3, -0.25) is 15.1 Å². The highest BCUT2D eigenvalue weighted by molar-refractivity contribution is 8.17. The number of hydrogen-bond donors (Lipinski definition) is 1. The predicted octanol–water partition coefficient (Wildman–Crippen LogP) is 4.30. The quantitative estimate of drug-likeness (QED) is 0.826. The Labute approximate surface area is 150 Å². The highest BCUT2D eigenvalue weighted by Gasteiger charge is 2.36. The number of fused-ring (bicyclic) bond motifs is 1. The molecule has 2 aliphatic rings. The summed E-state index contributed by atoms with van der Waals surface area (Å²) in [6.45, 7) is 2.00. The van der Waals surface area contributed by atoms with Crippen LogP contribution in [0.15, 0.2) is 70.6 Å². The van der Waals surface area contributed by atoms with E-state index < -0.39 is 0 Å². The van der Waals surface area contributed by atoms with Gasteiger partial charge in [-0.25, -0.2) is 0 Å². The average Bonchev–Trinajstić information content (AvgIpc) is 3.03. The Balaban J connectivity index is 1.75. The van der Waals surface area contributed by atoms with Gasteiger partial charge in [0.1, 0.15) is 5.84 Å². The number of amidine groups is 2. The van der Waals surface area contributed by atoms with Crippen LogP contribution in [0, 0.1) is 12.3 Å². The average molecular weight is 345 g/mol. The maximum absolute atomic E-state index is 12.4. The summed E-state index contributed by atoms with van der Waals surface area (Å²) < 4.78 is 0. The zero-order valence-corrected chi connectivity index (χ0v) is 14.4. The zero-order valence-electron chi connectivity index (χ0n) is 13.6. The summed E-state index contributed by atoms with van der Waals surface area (Å²) in [5.41, 5.74) is 4.17. The van der Waals surface area contributed by atoms with E-state index in [1.54, 1.807) is 11.0 Å². The van der Waals surface area contributed by atoms with Gasteiger partial charge in [0.25, 0.3) is 5.91 Å². The summed E-state index contributed by atoms with van der Waals surface area (Å²) in [5, 5.41) is 11.1. The number of carbonyl (C=O) groups excluding carboxylic acids is 1. The second-order valence-electron chi connectivity index (χ2n) is 5.84. The van der Waals surface area contributed by atoms with Crippen LogP contribution in [0.3, 0.4) is 0 Å². The first kappa shape index (κ1) is 15.6. The van der Waals surface area contributed by atoms with E-state index in [4.69, 9.17) is 5.41 Å². The molecule has 4 rings (SSSR count). The first-order valence-corrected chi connectivity index (χ1v) is 8.74. The van der Waals surface area contributed by atoms with E-state index in [1.807, 2.05) is 66.9 Å². The minimum absolute atomic E-state index is 0.164. The first-order chi connectivity index (χ1) is 12.1. The van der Waals surface area contributed by atoms with Gasteiger partial charge in [-0.05, 0) is 24.1 Å². The van der Waals surface area contributed by atoms with E-state index in [2.05, 4.69) is 4.99 Å². The lowest BCUT2D eigenvalue weighted by Crippen LogP contribution is -2.38. The summed E-state index contributed by atoms with van der Waals surface area (Å²) in [6.07, 6.45) is 1.74. The Bertz CT molecular complexity index is 973. The molecule has 2 heterocycles. The Morgan fingerprint density at radius 1 is 1.12 bits per heavy atom. The maximum atomic E-state index is 12.4. The number of nitrogens with one attached hydrogen (secondary N) is 1. The minimum atomic E-state index is -0.368. The molecule has 0 atom stereocenters. The number of aryl methyl sites for hydroxylation is 1. The highest BCUT2D eigenvalue weighted by atomic mass is 32.2. The smallest absolute Gasteiger partial charge is 0.283 e. The minimum Gasteiger partial charge on any atom is -0.283 e. The molecule has 2 aromatic carbocycles. The van der Waals surface area contributed by atoms with Crippen molar-refractivity contribution in [2.45, 2.75) is 6.92 Å². The molecule has 0 saturated heterocycles. The molecule has 2 aliphatic heterocycles. The van der Waals surface area contributed by atoms with Gasteiger partial charge in [0.05, 0.1) is 11.3 Å². The molecule has 0 aromatic heterocycles. The molecule has 4 nitrogen and oxygen atoms in total. The van der Waals surface area contributed by atoms with E-state index in [-0.39, 0.29) is 11.7 Å². The molecule has 1 amide bonds. The van der Waals surface area contributed by atoms with Crippen molar-refractivity contribution in [3.8, 4) is 0 Å². The van der Waals surface area contributed by atoms with Crippen molar-refractivity contribution in [3.63, 3.8) is 0 Å². The lowest BCUT2D eigenvalue weighted by molar-refractivity contribution is -0.114. The van der Waals surface area contributed by atoms with Gasteiger partial charge < -0.3 is 0 Å². The van der Waals surface area contributed by atoms with Gasteiger partial charge in [0.2, 0.25) is 0 Å². The van der Waals surface area contributed by atoms with E-state index in [0.717, 1.165) is 22.4 Å². The van der Waals surface area contributed by atoms with Crippen LogP contribution >= 0.6 is 11.8 Å². The largest absolute Gasteiger partial charge is 0.283 e. The van der Waals surface area contributed by atoms with Crippen molar-refractivity contribution >= 4 is 40.4 Å². The molecular formula is C20H15N3OS. The van der Waals surface area contributed by atoms with Gasteiger partial charge in [-0.1, -0.05) is 71.9 Å². The van der Waals surface area contributed by atoms with Gasteiger partial charge in [-0.2, -0.15) is 4.99 Å². The fraction of sp³-hybridized carbons (Fsp3) is 0.0500. The molecule has 0 spiro atoms. The van der Waals surface area contributed by atoms with Crippen molar-refractivity contribution < 1.29 is 4.79 Å². The van der Waals surface area contributed by atoms with Gasteiger partial charge in [0, 0.05) is 5.41 Å². The lowest BCUT2D eigenvalue weighted by Gasteiger charge is -2.26. The van der Waals surface area contributed by atoms with E-state index in [0.29, 0.717) is 10.7 Å². The third-order valence-corrected chi connectivity index (χ3v) is 4.86. The second-order valence-corrected chi connectivity index (χ2v) is 6.68. The topological polar surface area (TPSA) is 56.5 Å². The normalized spacial score (nSPS) is 18.3. The lowest BCUT2D eigenvalue weighted by atomic mass is 10.0. The summed E-state index contributed by atoms with van der Waals surface area (Å²) in [4.78, 5) is 18.3. The third kappa shape index (κ3) is 2.83. The molecular weight excluding hydrogens is 330 g/mol. The number of aliphatic imine (C=N–C) groups is 1. The van der Waals surface area contributed by atoms with Gasteiger partial charge >= 0.3 is 0 Å². The van der Waals surface area contributed by atoms with Crippen LogP contribution in [-0.2, 0) is 4.79 Å². The molecule has 0 unspecified atom stereocenters. The van der Waals surface area contributed by atoms with Crippen LogP contribution in [0.2, 0.25) is 0 Å². The van der Waals surface area contributed by atoms with Crippen molar-refractivity contribution in [1.82, 2.24) is 4.90 Å². The Kier molecular flexibility index (Phi) is 3.86. The highest BCUT2D eigenvalue weighted by Crippen LogP contribution is 2.37. The Morgan fingerprint density at radius 3 is 2.68 bits per heavy atom. The van der Waals surface area contributed by atoms with Crippen molar-refractivity contribution in [3.05, 3.63) is 82.3 Å². The summed E-state index contributed by atoms with van der Waals surface area (Å²) in [6, 6.07) is 17.7. The van der Waals surface area contributed by atoms with Crippen molar-refractivity contribution in [2.75, 3.05) is 0 Å². The number of hydrogen-bond acceptors (Lipinski definition) is 3. The molecule has 0 saturated carbocycles. The Morgan fingerprint density at radius 2 is 1.92 bits per heavy atom. The number of benzene rings is 2. The number of amides is 1. The fourth-order valence-electron chi connectivity index (χ4n) is 2.84. The zero-order chi connectivity index (χ0) is 17.4. The molecule has 1 N–H and O–H groups in total. The molecule has 25 heavy (non-hydrogen) atoms. The first-order valence-electron chi connectivity index (χ1n) is 7.86. The summed E-state index contributed by atoms with van der Waals surface area (Å²) in [5.74, 6) is -0.204. The molecule has 5 heteroatoms. The van der Waals surface area contributed by atoms with Crippen molar-refractivity contribution in [1.29, 1.82) is 5.41 Å². The van der Waals surface area contributed by atoms with Crippen LogP contribution in [0.5, 0.6) is 0 Å². The predicted molar refractivity (Wildman–Crippen MR) is 103 cm³/mol. The molecule has 0 aliphatic carbocycles. The number of carbonyl (C=O) groups is 1. The molecule has 0 bridgehead atoms. The van der Waals surface area contributed by atoms with E-state index in [9.17, 15) is 4.79 Å².